The van der Waals surface area contributed by atoms with Crippen molar-refractivity contribution in [2.75, 3.05) is 11.9 Å². The van der Waals surface area contributed by atoms with Crippen LogP contribution in [0.15, 0.2) is 24.5 Å². The van der Waals surface area contributed by atoms with Crippen LogP contribution in [0.4, 0.5) is 10.2 Å². The van der Waals surface area contributed by atoms with Crippen molar-refractivity contribution in [2.45, 2.75) is 19.4 Å². The maximum atomic E-state index is 12.9. The molecule has 5 heteroatoms. The van der Waals surface area contributed by atoms with Crippen molar-refractivity contribution in [3.05, 3.63) is 41.6 Å². The van der Waals surface area contributed by atoms with Crippen LogP contribution in [-0.2, 0) is 0 Å². The zero-order valence-electron chi connectivity index (χ0n) is 9.52. The number of aromatic nitrogens is 3. The van der Waals surface area contributed by atoms with Crippen LogP contribution in [0.2, 0.25) is 0 Å². The lowest BCUT2D eigenvalue weighted by Crippen LogP contribution is -2.25. The van der Waals surface area contributed by atoms with E-state index >= 15 is 0 Å². The molecule has 88 valence electrons. The van der Waals surface area contributed by atoms with Crippen LogP contribution in [-0.4, -0.2) is 21.3 Å². The van der Waals surface area contributed by atoms with E-state index in [9.17, 15) is 4.39 Å². The van der Waals surface area contributed by atoms with Gasteiger partial charge < -0.3 is 5.32 Å². The second-order valence-electron chi connectivity index (χ2n) is 4.25. The highest BCUT2D eigenvalue weighted by Crippen LogP contribution is 2.29. The third-order valence-electron chi connectivity index (χ3n) is 3.08. The lowest BCUT2D eigenvalue weighted by atomic mass is 10.1. The van der Waals surface area contributed by atoms with Gasteiger partial charge in [-0.25, -0.2) is 9.07 Å². The maximum Gasteiger partial charge on any atom is 0.141 e. The molecule has 0 aliphatic carbocycles. The Kier molecular flexibility index (Phi) is 2.31. The SMILES string of the molecule is Cc1cnn2c1NCCC2c1ccc(F)cn1. The summed E-state index contributed by atoms with van der Waals surface area (Å²) in [7, 11) is 0. The van der Waals surface area contributed by atoms with Crippen LogP contribution >= 0.6 is 0 Å². The molecule has 0 aromatic carbocycles. The van der Waals surface area contributed by atoms with Crippen molar-refractivity contribution in [3.63, 3.8) is 0 Å². The van der Waals surface area contributed by atoms with Gasteiger partial charge in [-0.1, -0.05) is 0 Å². The molecule has 0 bridgehead atoms. The summed E-state index contributed by atoms with van der Waals surface area (Å²) in [5, 5.41) is 7.68. The number of halogens is 1. The van der Waals surface area contributed by atoms with Gasteiger partial charge in [-0.2, -0.15) is 5.10 Å². The number of rotatable bonds is 1. The van der Waals surface area contributed by atoms with Crippen molar-refractivity contribution < 1.29 is 4.39 Å². The summed E-state index contributed by atoms with van der Waals surface area (Å²) in [5.41, 5.74) is 1.98. The fourth-order valence-corrected chi connectivity index (χ4v) is 2.21. The van der Waals surface area contributed by atoms with E-state index in [1.54, 1.807) is 6.07 Å². The summed E-state index contributed by atoms with van der Waals surface area (Å²) in [5.74, 6) is 0.729. The van der Waals surface area contributed by atoms with Crippen molar-refractivity contribution in [3.8, 4) is 0 Å². The van der Waals surface area contributed by atoms with Crippen LogP contribution in [0.3, 0.4) is 0 Å². The zero-order chi connectivity index (χ0) is 11.8. The van der Waals surface area contributed by atoms with E-state index in [4.69, 9.17) is 0 Å². The Morgan fingerprint density at radius 2 is 2.29 bits per heavy atom. The van der Waals surface area contributed by atoms with Gasteiger partial charge >= 0.3 is 0 Å². The van der Waals surface area contributed by atoms with E-state index in [2.05, 4.69) is 15.4 Å². The fourth-order valence-electron chi connectivity index (χ4n) is 2.21. The van der Waals surface area contributed by atoms with E-state index in [0.29, 0.717) is 0 Å². The molecule has 17 heavy (non-hydrogen) atoms. The average molecular weight is 232 g/mol. The van der Waals surface area contributed by atoms with Crippen molar-refractivity contribution in [2.24, 2.45) is 0 Å². The second-order valence-corrected chi connectivity index (χ2v) is 4.25. The number of aryl methyl sites for hydroxylation is 1. The Bertz CT molecular complexity index is 532. The van der Waals surface area contributed by atoms with Crippen LogP contribution in [0.25, 0.3) is 0 Å². The van der Waals surface area contributed by atoms with Crippen LogP contribution < -0.4 is 5.32 Å². The first-order valence-electron chi connectivity index (χ1n) is 5.65. The van der Waals surface area contributed by atoms with Crippen molar-refractivity contribution >= 4 is 5.82 Å². The van der Waals surface area contributed by atoms with Crippen molar-refractivity contribution in [1.29, 1.82) is 0 Å². The van der Waals surface area contributed by atoms with Crippen LogP contribution in [0, 0.1) is 12.7 Å². The Morgan fingerprint density at radius 3 is 3.06 bits per heavy atom. The minimum absolute atomic E-state index is 0.0977. The van der Waals surface area contributed by atoms with E-state index in [-0.39, 0.29) is 11.9 Å². The van der Waals surface area contributed by atoms with E-state index in [1.807, 2.05) is 17.8 Å². The van der Waals surface area contributed by atoms with Gasteiger partial charge in [-0.3, -0.25) is 4.98 Å². The molecule has 4 nitrogen and oxygen atoms in total. The van der Waals surface area contributed by atoms with Crippen LogP contribution in [0.5, 0.6) is 0 Å². The average Bonchev–Trinajstić information content (AvgIpc) is 2.73. The molecule has 0 spiro atoms. The lowest BCUT2D eigenvalue weighted by molar-refractivity contribution is 0.469. The monoisotopic (exact) mass is 232 g/mol. The first kappa shape index (κ1) is 10.3. The largest absolute Gasteiger partial charge is 0.370 e. The molecule has 3 heterocycles. The highest BCUT2D eigenvalue weighted by Gasteiger charge is 2.23. The molecule has 1 atom stereocenters. The smallest absolute Gasteiger partial charge is 0.141 e. The first-order valence-corrected chi connectivity index (χ1v) is 5.65. The van der Waals surface area contributed by atoms with E-state index in [0.717, 1.165) is 30.0 Å². The number of hydrogen-bond acceptors (Lipinski definition) is 3. The molecule has 0 saturated heterocycles. The standard InChI is InChI=1S/C12H13FN4/c1-8-6-16-17-11(4-5-14-12(8)17)10-3-2-9(13)7-15-10/h2-3,6-7,11,14H,4-5H2,1H3. The van der Waals surface area contributed by atoms with Gasteiger partial charge in [0.05, 0.1) is 24.1 Å². The number of pyridine rings is 1. The quantitative estimate of drug-likeness (QED) is 0.819. The van der Waals surface area contributed by atoms with Gasteiger partial charge in [0.15, 0.2) is 0 Å². The molecule has 0 fully saturated rings. The normalized spacial score (nSPS) is 18.6. The summed E-state index contributed by atoms with van der Waals surface area (Å²) in [6.07, 6.45) is 4.00. The molecule has 1 aliphatic heterocycles. The molecule has 2 aromatic rings. The molecule has 1 N–H and O–H groups in total. The zero-order valence-corrected chi connectivity index (χ0v) is 9.52. The molecular weight excluding hydrogens is 219 g/mol. The molecule has 2 aromatic heterocycles. The van der Waals surface area contributed by atoms with Gasteiger partial charge in [0, 0.05) is 12.1 Å². The minimum atomic E-state index is -0.306. The summed E-state index contributed by atoms with van der Waals surface area (Å²) in [4.78, 5) is 4.15. The molecular formula is C12H13FN4. The fraction of sp³-hybridized carbons (Fsp3) is 0.333. The third kappa shape index (κ3) is 1.67. The van der Waals surface area contributed by atoms with Gasteiger partial charge in [0.2, 0.25) is 0 Å². The van der Waals surface area contributed by atoms with Gasteiger partial charge in [-0.05, 0) is 25.5 Å². The Morgan fingerprint density at radius 1 is 1.41 bits per heavy atom. The molecule has 0 radical (unpaired) electrons. The molecule has 1 unspecified atom stereocenters. The number of nitrogens with zero attached hydrogens (tertiary/aromatic N) is 3. The highest BCUT2D eigenvalue weighted by molar-refractivity contribution is 5.45. The third-order valence-corrected chi connectivity index (χ3v) is 3.08. The van der Waals surface area contributed by atoms with E-state index < -0.39 is 0 Å². The second kappa shape index (κ2) is 3.84. The minimum Gasteiger partial charge on any atom is -0.370 e. The first-order chi connectivity index (χ1) is 8.25. The van der Waals surface area contributed by atoms with E-state index in [1.165, 1.54) is 12.3 Å². The highest BCUT2D eigenvalue weighted by atomic mass is 19.1. The summed E-state index contributed by atoms with van der Waals surface area (Å²) in [6.45, 7) is 2.91. The number of hydrogen-bond donors (Lipinski definition) is 1. The van der Waals surface area contributed by atoms with Crippen molar-refractivity contribution in [1.82, 2.24) is 14.8 Å². The predicted octanol–water partition coefficient (Wildman–Crippen LogP) is 2.13. The summed E-state index contributed by atoms with van der Waals surface area (Å²) >= 11 is 0. The lowest BCUT2D eigenvalue weighted by Gasteiger charge is -2.25. The molecule has 0 saturated carbocycles. The van der Waals surface area contributed by atoms with Gasteiger partial charge in [0.1, 0.15) is 11.6 Å². The van der Waals surface area contributed by atoms with Gasteiger partial charge in [0.25, 0.3) is 0 Å². The Labute approximate surface area is 98.5 Å². The topological polar surface area (TPSA) is 42.7 Å². The Hall–Kier alpha value is -1.91. The number of nitrogens with one attached hydrogen (secondary N) is 1. The Balaban J connectivity index is 2.02. The summed E-state index contributed by atoms with van der Waals surface area (Å²) < 4.78 is 14.8. The maximum absolute atomic E-state index is 12.9. The molecule has 1 aliphatic rings. The molecule has 3 rings (SSSR count). The predicted molar refractivity (Wildman–Crippen MR) is 62.4 cm³/mol. The number of fused-ring (bicyclic) bond motifs is 1. The number of anilines is 1. The summed E-state index contributed by atoms with van der Waals surface area (Å²) in [6, 6.07) is 3.27. The molecule has 0 amide bonds. The van der Waals surface area contributed by atoms with Gasteiger partial charge in [-0.15, -0.1) is 0 Å². The van der Waals surface area contributed by atoms with Crippen LogP contribution in [0.1, 0.15) is 23.7 Å².